The first-order valence-electron chi connectivity index (χ1n) is 10.00. The van der Waals surface area contributed by atoms with Gasteiger partial charge in [0.2, 0.25) is 5.91 Å². The minimum absolute atomic E-state index is 0.276. The lowest BCUT2D eigenvalue weighted by atomic mass is 9.98. The Hall–Kier alpha value is -3.29. The number of aromatic hydroxyl groups is 1. The van der Waals surface area contributed by atoms with Crippen molar-refractivity contribution in [3.8, 4) is 5.75 Å². The number of primary amides is 1. The van der Waals surface area contributed by atoms with E-state index in [1.807, 2.05) is 18.2 Å². The maximum absolute atomic E-state index is 13.1. The van der Waals surface area contributed by atoms with Crippen LogP contribution in [-0.4, -0.2) is 61.6 Å². The SMILES string of the molecule is CN=C(NCC(Cc1ccc(F)cc1)C(N)=O)N1CCN(c2ccccc2O)CC1. The van der Waals surface area contributed by atoms with Gasteiger partial charge in [0.05, 0.1) is 11.6 Å². The van der Waals surface area contributed by atoms with Gasteiger partial charge in [-0.25, -0.2) is 4.39 Å². The summed E-state index contributed by atoms with van der Waals surface area (Å²) >= 11 is 0. The lowest BCUT2D eigenvalue weighted by Gasteiger charge is -2.38. The van der Waals surface area contributed by atoms with Crippen molar-refractivity contribution in [1.82, 2.24) is 10.2 Å². The van der Waals surface area contributed by atoms with Crippen LogP contribution >= 0.6 is 0 Å². The summed E-state index contributed by atoms with van der Waals surface area (Å²) in [5, 5.41) is 13.3. The van der Waals surface area contributed by atoms with E-state index in [-0.39, 0.29) is 11.6 Å². The minimum atomic E-state index is -0.435. The number of nitrogens with two attached hydrogens (primary N) is 1. The lowest BCUT2D eigenvalue weighted by molar-refractivity contribution is -0.121. The molecule has 30 heavy (non-hydrogen) atoms. The topological polar surface area (TPSA) is 94.2 Å². The predicted molar refractivity (Wildman–Crippen MR) is 116 cm³/mol. The van der Waals surface area contributed by atoms with Gasteiger partial charge in [-0.2, -0.15) is 0 Å². The quantitative estimate of drug-likeness (QED) is 0.494. The third-order valence-corrected chi connectivity index (χ3v) is 5.32. The molecule has 2 aromatic carbocycles. The van der Waals surface area contributed by atoms with Crippen molar-refractivity contribution in [2.45, 2.75) is 6.42 Å². The number of hydrogen-bond acceptors (Lipinski definition) is 4. The van der Waals surface area contributed by atoms with Crippen LogP contribution in [0.25, 0.3) is 0 Å². The van der Waals surface area contributed by atoms with E-state index >= 15 is 0 Å². The second-order valence-corrected chi connectivity index (χ2v) is 7.32. The molecule has 160 valence electrons. The number of aliphatic imine (C=N–C) groups is 1. The molecule has 1 fully saturated rings. The standard InChI is InChI=1S/C22H28FN5O2/c1-25-22(26-15-17(21(24)30)14-16-6-8-18(23)9-7-16)28-12-10-27(11-13-28)19-4-2-3-5-20(19)29/h2-9,17,29H,10-15H2,1H3,(H2,24,30)(H,25,26). The van der Waals surface area contributed by atoms with Crippen molar-refractivity contribution in [1.29, 1.82) is 0 Å². The Morgan fingerprint density at radius 2 is 1.83 bits per heavy atom. The molecule has 1 aliphatic heterocycles. The molecule has 7 nitrogen and oxygen atoms in total. The Kier molecular flexibility index (Phi) is 7.11. The van der Waals surface area contributed by atoms with Crippen molar-refractivity contribution in [3.05, 3.63) is 59.9 Å². The highest BCUT2D eigenvalue weighted by atomic mass is 19.1. The first kappa shape index (κ1) is 21.4. The molecule has 1 saturated heterocycles. The van der Waals surface area contributed by atoms with E-state index in [1.54, 1.807) is 25.2 Å². The third kappa shape index (κ3) is 5.40. The molecule has 3 rings (SSSR count). The van der Waals surface area contributed by atoms with Gasteiger partial charge >= 0.3 is 0 Å². The largest absolute Gasteiger partial charge is 0.506 e. The van der Waals surface area contributed by atoms with Crippen LogP contribution in [0.1, 0.15) is 5.56 Å². The van der Waals surface area contributed by atoms with Gasteiger partial charge in [-0.15, -0.1) is 0 Å². The average molecular weight is 413 g/mol. The van der Waals surface area contributed by atoms with Crippen LogP contribution < -0.4 is 16.0 Å². The van der Waals surface area contributed by atoms with Gasteiger partial charge in [-0.3, -0.25) is 9.79 Å². The van der Waals surface area contributed by atoms with E-state index in [9.17, 15) is 14.3 Å². The Labute approximate surface area is 176 Å². The molecule has 0 spiro atoms. The summed E-state index contributed by atoms with van der Waals surface area (Å²) in [4.78, 5) is 20.5. The van der Waals surface area contributed by atoms with Crippen molar-refractivity contribution in [2.24, 2.45) is 16.6 Å². The normalized spacial score (nSPS) is 15.7. The van der Waals surface area contributed by atoms with E-state index in [0.29, 0.717) is 18.9 Å². The van der Waals surface area contributed by atoms with Gasteiger partial charge in [0.15, 0.2) is 5.96 Å². The zero-order chi connectivity index (χ0) is 21.5. The van der Waals surface area contributed by atoms with Crippen LogP contribution in [0, 0.1) is 11.7 Å². The van der Waals surface area contributed by atoms with Gasteiger partial charge < -0.3 is 26.0 Å². The van der Waals surface area contributed by atoms with Crippen molar-refractivity contribution < 1.29 is 14.3 Å². The van der Waals surface area contributed by atoms with E-state index in [2.05, 4.69) is 20.1 Å². The smallest absolute Gasteiger partial charge is 0.222 e. The van der Waals surface area contributed by atoms with E-state index in [4.69, 9.17) is 5.73 Å². The number of nitrogens with one attached hydrogen (secondary N) is 1. The van der Waals surface area contributed by atoms with Crippen molar-refractivity contribution >= 4 is 17.6 Å². The molecule has 0 bridgehead atoms. The van der Waals surface area contributed by atoms with Gasteiger partial charge in [0.1, 0.15) is 11.6 Å². The molecule has 1 atom stereocenters. The fraction of sp³-hybridized carbons (Fsp3) is 0.364. The van der Waals surface area contributed by atoms with Gasteiger partial charge in [-0.05, 0) is 36.2 Å². The third-order valence-electron chi connectivity index (χ3n) is 5.32. The zero-order valence-electron chi connectivity index (χ0n) is 17.1. The number of amides is 1. The van der Waals surface area contributed by atoms with Crippen LogP contribution in [0.4, 0.5) is 10.1 Å². The van der Waals surface area contributed by atoms with Crippen LogP contribution in [0.15, 0.2) is 53.5 Å². The van der Waals surface area contributed by atoms with Crippen molar-refractivity contribution in [2.75, 3.05) is 44.7 Å². The molecule has 0 saturated carbocycles. The van der Waals surface area contributed by atoms with Gasteiger partial charge in [-0.1, -0.05) is 24.3 Å². The number of phenolic OH excluding ortho intramolecular Hbond substituents is 1. The molecule has 2 aromatic rings. The van der Waals surface area contributed by atoms with Crippen LogP contribution in [0.3, 0.4) is 0 Å². The van der Waals surface area contributed by atoms with Crippen molar-refractivity contribution in [3.63, 3.8) is 0 Å². The van der Waals surface area contributed by atoms with E-state index in [1.165, 1.54) is 12.1 Å². The highest BCUT2D eigenvalue weighted by Crippen LogP contribution is 2.27. The number of halogens is 1. The lowest BCUT2D eigenvalue weighted by Crippen LogP contribution is -2.53. The van der Waals surface area contributed by atoms with Gasteiger partial charge in [0, 0.05) is 39.8 Å². The summed E-state index contributed by atoms with van der Waals surface area (Å²) in [7, 11) is 1.71. The molecule has 0 aromatic heterocycles. The molecular formula is C22H28FN5O2. The second kappa shape index (κ2) is 9.96. The summed E-state index contributed by atoms with van der Waals surface area (Å²) in [5.41, 5.74) is 7.26. The van der Waals surface area contributed by atoms with Crippen LogP contribution in [0.2, 0.25) is 0 Å². The first-order valence-corrected chi connectivity index (χ1v) is 10.00. The number of anilines is 1. The minimum Gasteiger partial charge on any atom is -0.506 e. The van der Waals surface area contributed by atoms with Crippen LogP contribution in [0.5, 0.6) is 5.75 Å². The molecule has 1 heterocycles. The molecule has 0 aliphatic carbocycles. The number of phenols is 1. The fourth-order valence-corrected chi connectivity index (χ4v) is 3.62. The molecule has 1 amide bonds. The molecule has 1 unspecified atom stereocenters. The molecule has 1 aliphatic rings. The number of para-hydroxylation sites is 2. The number of piperazine rings is 1. The van der Waals surface area contributed by atoms with Crippen LogP contribution in [-0.2, 0) is 11.2 Å². The van der Waals surface area contributed by atoms with E-state index in [0.717, 1.165) is 37.4 Å². The first-order chi connectivity index (χ1) is 14.5. The number of hydrogen-bond donors (Lipinski definition) is 3. The molecule has 8 heteroatoms. The number of carbonyl (C=O) groups excluding carboxylic acids is 1. The Morgan fingerprint density at radius 1 is 1.17 bits per heavy atom. The summed E-state index contributed by atoms with van der Waals surface area (Å²) in [6, 6.07) is 13.4. The summed E-state index contributed by atoms with van der Waals surface area (Å²) < 4.78 is 13.1. The summed E-state index contributed by atoms with van der Waals surface area (Å²) in [6.07, 6.45) is 0.431. The average Bonchev–Trinajstić information content (AvgIpc) is 2.75. The van der Waals surface area contributed by atoms with E-state index < -0.39 is 11.8 Å². The second-order valence-electron chi connectivity index (χ2n) is 7.32. The number of nitrogens with zero attached hydrogens (tertiary/aromatic N) is 3. The number of benzene rings is 2. The molecular weight excluding hydrogens is 385 g/mol. The Bertz CT molecular complexity index is 879. The Morgan fingerprint density at radius 3 is 2.43 bits per heavy atom. The zero-order valence-corrected chi connectivity index (χ0v) is 17.1. The Balaban J connectivity index is 1.55. The fourth-order valence-electron chi connectivity index (χ4n) is 3.62. The maximum Gasteiger partial charge on any atom is 0.222 e. The molecule has 4 N–H and O–H groups in total. The predicted octanol–water partition coefficient (Wildman–Crippen LogP) is 1.57. The number of guanidine groups is 1. The number of carbonyl (C=O) groups is 1. The number of rotatable bonds is 6. The summed E-state index contributed by atoms with van der Waals surface area (Å²) in [6.45, 7) is 3.29. The highest BCUT2D eigenvalue weighted by molar-refractivity contribution is 5.82. The maximum atomic E-state index is 13.1. The van der Waals surface area contributed by atoms with Gasteiger partial charge in [0.25, 0.3) is 0 Å². The molecule has 0 radical (unpaired) electrons. The summed E-state index contributed by atoms with van der Waals surface area (Å²) in [5.74, 6) is -0.173. The monoisotopic (exact) mass is 413 g/mol. The highest BCUT2D eigenvalue weighted by Gasteiger charge is 2.23.